The van der Waals surface area contributed by atoms with Gasteiger partial charge in [-0.2, -0.15) is 0 Å². The van der Waals surface area contributed by atoms with Gasteiger partial charge in [0.2, 0.25) is 0 Å². The van der Waals surface area contributed by atoms with Crippen molar-refractivity contribution in [2.45, 2.75) is 0 Å². The minimum atomic E-state index is 1.08. The molecule has 0 fully saturated rings. The molecule has 0 unspecified atom stereocenters. The van der Waals surface area contributed by atoms with Crippen LogP contribution in [-0.2, 0) is 0 Å². The maximum Gasteiger partial charge on any atom is 0.0547 e. The summed E-state index contributed by atoms with van der Waals surface area (Å²) in [6, 6.07) is 101. The Hall–Kier alpha value is -8.98. The topological polar surface area (TPSA) is 8.17 Å². The summed E-state index contributed by atoms with van der Waals surface area (Å²) in [5.41, 5.74) is 21.1. The summed E-state index contributed by atoms with van der Waals surface area (Å²) in [5, 5.41) is 2.49. The lowest BCUT2D eigenvalue weighted by atomic mass is 9.94. The van der Waals surface area contributed by atoms with Crippen molar-refractivity contribution in [1.82, 2.24) is 4.57 Å². The van der Waals surface area contributed by atoms with Crippen molar-refractivity contribution >= 4 is 38.9 Å². The molecule has 0 atom stereocenters. The van der Waals surface area contributed by atoms with Gasteiger partial charge < -0.3 is 9.47 Å². The molecular formula is C66H46N2. The largest absolute Gasteiger partial charge is 0.310 e. The second-order valence-corrected chi connectivity index (χ2v) is 17.3. The van der Waals surface area contributed by atoms with Crippen LogP contribution in [0.3, 0.4) is 0 Å². The number of rotatable bonds is 10. The third-order valence-corrected chi connectivity index (χ3v) is 13.2. The van der Waals surface area contributed by atoms with Crippen LogP contribution in [0.1, 0.15) is 0 Å². The zero-order valence-corrected chi connectivity index (χ0v) is 37.5. The van der Waals surface area contributed by atoms with Gasteiger partial charge in [0, 0.05) is 33.4 Å². The van der Waals surface area contributed by atoms with E-state index in [9.17, 15) is 0 Å². The highest BCUT2D eigenvalue weighted by Gasteiger charge is 2.20. The molecule has 320 valence electrons. The molecule has 2 heteroatoms. The van der Waals surface area contributed by atoms with E-state index in [1.54, 1.807) is 0 Å². The Morgan fingerprint density at radius 1 is 0.250 bits per heavy atom. The highest BCUT2D eigenvalue weighted by molar-refractivity contribution is 6.16. The molecule has 0 amide bonds. The quantitative estimate of drug-likeness (QED) is 0.133. The summed E-state index contributed by atoms with van der Waals surface area (Å²) in [7, 11) is 0. The molecule has 2 nitrogen and oxygen atoms in total. The third-order valence-electron chi connectivity index (χ3n) is 13.2. The van der Waals surface area contributed by atoms with Crippen molar-refractivity contribution in [2.24, 2.45) is 0 Å². The molecule has 0 saturated carbocycles. The molecule has 0 N–H and O–H groups in total. The minimum absolute atomic E-state index is 1.08. The highest BCUT2D eigenvalue weighted by atomic mass is 15.1. The zero-order valence-electron chi connectivity index (χ0n) is 37.5. The Bertz CT molecular complexity index is 3680. The highest BCUT2D eigenvalue weighted by Crippen LogP contribution is 2.45. The number of hydrogen-bond donors (Lipinski definition) is 0. The summed E-state index contributed by atoms with van der Waals surface area (Å²) in [6.45, 7) is 0. The maximum absolute atomic E-state index is 2.41. The Morgan fingerprint density at radius 2 is 0.647 bits per heavy atom. The molecule has 0 spiro atoms. The molecule has 0 saturated heterocycles. The molecule has 0 aliphatic carbocycles. The lowest BCUT2D eigenvalue weighted by molar-refractivity contribution is 1.18. The van der Waals surface area contributed by atoms with Gasteiger partial charge in [0.15, 0.2) is 0 Å². The number of benzene rings is 11. The summed E-state index contributed by atoms with van der Waals surface area (Å²) in [6.07, 6.45) is 0. The van der Waals surface area contributed by atoms with E-state index >= 15 is 0 Å². The number of hydrogen-bond acceptors (Lipinski definition) is 1. The predicted molar refractivity (Wildman–Crippen MR) is 288 cm³/mol. The van der Waals surface area contributed by atoms with Gasteiger partial charge >= 0.3 is 0 Å². The van der Waals surface area contributed by atoms with E-state index in [-0.39, 0.29) is 0 Å². The van der Waals surface area contributed by atoms with Crippen LogP contribution in [0.25, 0.3) is 94.3 Å². The van der Waals surface area contributed by atoms with E-state index in [2.05, 4.69) is 289 Å². The number of aromatic nitrogens is 1. The Labute approximate surface area is 397 Å². The fourth-order valence-corrected chi connectivity index (χ4v) is 9.99. The molecule has 0 aliphatic rings. The average Bonchev–Trinajstić information content (AvgIpc) is 3.77. The summed E-state index contributed by atoms with van der Waals surface area (Å²) >= 11 is 0. The van der Waals surface area contributed by atoms with Crippen molar-refractivity contribution in [1.29, 1.82) is 0 Å². The van der Waals surface area contributed by atoms with Gasteiger partial charge in [-0.3, -0.25) is 0 Å². The number of para-hydroxylation sites is 3. The van der Waals surface area contributed by atoms with Crippen molar-refractivity contribution in [2.75, 3.05) is 4.90 Å². The first-order valence-corrected chi connectivity index (χ1v) is 23.3. The van der Waals surface area contributed by atoms with Crippen LogP contribution < -0.4 is 4.90 Å². The second-order valence-electron chi connectivity index (χ2n) is 17.3. The van der Waals surface area contributed by atoms with Gasteiger partial charge in [0.25, 0.3) is 0 Å². The Kier molecular flexibility index (Phi) is 10.6. The number of anilines is 3. The molecule has 1 aromatic heterocycles. The maximum atomic E-state index is 2.41. The SMILES string of the molecule is c1ccc(-c2ccc(-c3ccc(N(c4ccc(-c5ccccc5-c5ccccc5)cc4)c4ccccc4-c4cccc(-c5cccc6c5c5ccccc5n6-c5ccccc5)c4)cc3)cc2)cc1. The van der Waals surface area contributed by atoms with Gasteiger partial charge in [0.1, 0.15) is 0 Å². The fraction of sp³-hybridized carbons (Fsp3) is 0. The van der Waals surface area contributed by atoms with Gasteiger partial charge in [-0.15, -0.1) is 0 Å². The van der Waals surface area contributed by atoms with Crippen LogP contribution in [0, 0.1) is 0 Å². The van der Waals surface area contributed by atoms with Gasteiger partial charge in [-0.1, -0.05) is 218 Å². The van der Waals surface area contributed by atoms with Crippen LogP contribution in [0.15, 0.2) is 279 Å². The molecular weight excluding hydrogens is 821 g/mol. The van der Waals surface area contributed by atoms with E-state index in [0.29, 0.717) is 0 Å². The zero-order chi connectivity index (χ0) is 45.2. The molecule has 12 rings (SSSR count). The first-order chi connectivity index (χ1) is 33.7. The van der Waals surface area contributed by atoms with Gasteiger partial charge in [-0.05, 0) is 122 Å². The first-order valence-electron chi connectivity index (χ1n) is 23.3. The molecule has 1 heterocycles. The predicted octanol–water partition coefficient (Wildman–Crippen LogP) is 18.3. The van der Waals surface area contributed by atoms with Crippen LogP contribution >= 0.6 is 0 Å². The van der Waals surface area contributed by atoms with Crippen LogP contribution in [0.5, 0.6) is 0 Å². The molecule has 0 bridgehead atoms. The summed E-state index contributed by atoms with van der Waals surface area (Å²) in [5.74, 6) is 0. The van der Waals surface area contributed by atoms with Crippen LogP contribution in [0.2, 0.25) is 0 Å². The lowest BCUT2D eigenvalue weighted by Crippen LogP contribution is -2.11. The smallest absolute Gasteiger partial charge is 0.0547 e. The minimum Gasteiger partial charge on any atom is -0.310 e. The molecule has 68 heavy (non-hydrogen) atoms. The third kappa shape index (κ3) is 7.54. The first kappa shape index (κ1) is 40.5. The Morgan fingerprint density at radius 3 is 1.28 bits per heavy atom. The molecule has 0 radical (unpaired) electrons. The standard InChI is InChI=1S/C66H46N2/c1-4-18-47(19-5-1)48-34-36-49(37-35-48)50-38-42-56(43-39-50)67(57-44-40-52(41-45-57)59-27-11-10-26-58(59)51-20-6-2-7-21-51)63-31-14-12-28-60(63)53-22-16-23-54(46-53)61-30-17-33-65-66(61)62-29-13-15-32-64(62)68(65)55-24-8-3-9-25-55/h1-46H. The van der Waals surface area contributed by atoms with E-state index in [0.717, 1.165) is 33.9 Å². The monoisotopic (exact) mass is 866 g/mol. The molecule has 11 aromatic carbocycles. The van der Waals surface area contributed by atoms with Gasteiger partial charge in [0.05, 0.1) is 16.7 Å². The second kappa shape index (κ2) is 17.8. The van der Waals surface area contributed by atoms with Gasteiger partial charge in [-0.25, -0.2) is 0 Å². The molecule has 12 aromatic rings. The van der Waals surface area contributed by atoms with Crippen molar-refractivity contribution in [3.05, 3.63) is 279 Å². The van der Waals surface area contributed by atoms with E-state index in [1.165, 1.54) is 77.4 Å². The number of nitrogens with zero attached hydrogens (tertiary/aromatic N) is 2. The van der Waals surface area contributed by atoms with Crippen molar-refractivity contribution in [3.63, 3.8) is 0 Å². The van der Waals surface area contributed by atoms with E-state index in [1.807, 2.05) is 0 Å². The summed E-state index contributed by atoms with van der Waals surface area (Å²) in [4.78, 5) is 2.41. The van der Waals surface area contributed by atoms with Crippen LogP contribution in [0.4, 0.5) is 17.1 Å². The average molecular weight is 867 g/mol. The normalized spacial score (nSPS) is 11.2. The Balaban J connectivity index is 0.968. The number of fused-ring (bicyclic) bond motifs is 3. The van der Waals surface area contributed by atoms with E-state index in [4.69, 9.17) is 0 Å². The van der Waals surface area contributed by atoms with Crippen molar-refractivity contribution in [3.8, 4) is 72.4 Å². The van der Waals surface area contributed by atoms with Crippen LogP contribution in [-0.4, -0.2) is 4.57 Å². The molecule has 0 aliphatic heterocycles. The summed E-state index contributed by atoms with van der Waals surface area (Å²) < 4.78 is 2.39. The van der Waals surface area contributed by atoms with Crippen molar-refractivity contribution < 1.29 is 0 Å². The lowest BCUT2D eigenvalue weighted by Gasteiger charge is -2.28. The van der Waals surface area contributed by atoms with E-state index < -0.39 is 0 Å². The fourth-order valence-electron chi connectivity index (χ4n) is 9.99.